The van der Waals surface area contributed by atoms with Gasteiger partial charge in [0.15, 0.2) is 0 Å². The lowest BCUT2D eigenvalue weighted by Gasteiger charge is -2.28. The van der Waals surface area contributed by atoms with Gasteiger partial charge in [0.1, 0.15) is 4.93 Å². The smallest absolute Gasteiger partial charge is 0.111 e. The zero-order valence-electron chi connectivity index (χ0n) is 9.91. The van der Waals surface area contributed by atoms with E-state index in [1.54, 1.807) is 19.1 Å². The van der Waals surface area contributed by atoms with Gasteiger partial charge in [-0.3, -0.25) is 0 Å². The predicted octanol–water partition coefficient (Wildman–Crippen LogP) is 3.53. The van der Waals surface area contributed by atoms with Crippen LogP contribution in [0.2, 0.25) is 10.0 Å². The Balaban J connectivity index is 2.67. The molecule has 0 saturated carbocycles. The van der Waals surface area contributed by atoms with Gasteiger partial charge in [0, 0.05) is 21.7 Å². The van der Waals surface area contributed by atoms with Crippen LogP contribution in [0.15, 0.2) is 18.2 Å². The molecule has 17 heavy (non-hydrogen) atoms. The standard InChI is InChI=1S/C12H17Cl2NOS/c1-8(6-15)12(2,16)17-7-9-3-4-10(13)5-11(9)14/h3-5,8,16H,6-7,15H2,1-2H3. The number of nitrogens with two attached hydrogens (primary N) is 1. The molecule has 0 amide bonds. The largest absolute Gasteiger partial charge is 0.379 e. The van der Waals surface area contributed by atoms with E-state index in [-0.39, 0.29) is 5.92 Å². The van der Waals surface area contributed by atoms with Gasteiger partial charge in [0.05, 0.1) is 0 Å². The molecule has 1 aromatic carbocycles. The molecule has 2 atom stereocenters. The van der Waals surface area contributed by atoms with Gasteiger partial charge < -0.3 is 10.8 Å². The van der Waals surface area contributed by atoms with Gasteiger partial charge in [0.2, 0.25) is 0 Å². The van der Waals surface area contributed by atoms with E-state index in [1.807, 2.05) is 13.0 Å². The van der Waals surface area contributed by atoms with Crippen LogP contribution in [0.25, 0.3) is 0 Å². The Hall–Kier alpha value is 0.0700. The van der Waals surface area contributed by atoms with Crippen LogP contribution < -0.4 is 5.73 Å². The van der Waals surface area contributed by atoms with Crippen molar-refractivity contribution in [3.05, 3.63) is 33.8 Å². The van der Waals surface area contributed by atoms with Crippen molar-refractivity contribution >= 4 is 35.0 Å². The Morgan fingerprint density at radius 3 is 2.65 bits per heavy atom. The zero-order valence-corrected chi connectivity index (χ0v) is 12.2. The minimum atomic E-state index is -0.849. The lowest BCUT2D eigenvalue weighted by Crippen LogP contribution is -2.34. The lowest BCUT2D eigenvalue weighted by molar-refractivity contribution is 0.102. The van der Waals surface area contributed by atoms with Crippen molar-refractivity contribution in [1.29, 1.82) is 0 Å². The molecule has 0 radical (unpaired) electrons. The van der Waals surface area contributed by atoms with Crippen molar-refractivity contribution in [3.8, 4) is 0 Å². The Kier molecular flexibility index (Phi) is 5.61. The molecule has 96 valence electrons. The summed E-state index contributed by atoms with van der Waals surface area (Å²) in [6, 6.07) is 5.38. The number of thioether (sulfide) groups is 1. The van der Waals surface area contributed by atoms with Crippen LogP contribution in [-0.2, 0) is 5.75 Å². The number of hydrogen-bond donors (Lipinski definition) is 2. The van der Waals surface area contributed by atoms with Crippen LogP contribution in [0.1, 0.15) is 19.4 Å². The molecular formula is C12H17Cl2NOS. The van der Waals surface area contributed by atoms with Crippen LogP contribution in [-0.4, -0.2) is 16.6 Å². The summed E-state index contributed by atoms with van der Waals surface area (Å²) < 4.78 is 0. The fourth-order valence-electron chi connectivity index (χ4n) is 1.22. The van der Waals surface area contributed by atoms with Crippen molar-refractivity contribution in [2.75, 3.05) is 6.54 Å². The van der Waals surface area contributed by atoms with Gasteiger partial charge in [0.25, 0.3) is 0 Å². The quantitative estimate of drug-likeness (QED) is 0.817. The third-order valence-electron chi connectivity index (χ3n) is 2.80. The highest BCUT2D eigenvalue weighted by atomic mass is 35.5. The summed E-state index contributed by atoms with van der Waals surface area (Å²) in [6.45, 7) is 4.16. The van der Waals surface area contributed by atoms with Crippen LogP contribution in [0.4, 0.5) is 0 Å². The Labute approximate surface area is 116 Å². The Bertz CT molecular complexity index is 385. The van der Waals surface area contributed by atoms with E-state index in [2.05, 4.69) is 0 Å². The molecule has 0 spiro atoms. The average Bonchev–Trinajstić information content (AvgIpc) is 2.26. The first-order valence-corrected chi connectivity index (χ1v) is 7.11. The van der Waals surface area contributed by atoms with Gasteiger partial charge in [-0.15, -0.1) is 11.8 Å². The molecule has 0 saturated heterocycles. The fraction of sp³-hybridized carbons (Fsp3) is 0.500. The van der Waals surface area contributed by atoms with Gasteiger partial charge in [-0.1, -0.05) is 36.2 Å². The maximum atomic E-state index is 10.2. The topological polar surface area (TPSA) is 46.2 Å². The van der Waals surface area contributed by atoms with E-state index in [0.29, 0.717) is 22.3 Å². The van der Waals surface area contributed by atoms with E-state index in [9.17, 15) is 5.11 Å². The Morgan fingerprint density at radius 2 is 2.12 bits per heavy atom. The number of rotatable bonds is 5. The van der Waals surface area contributed by atoms with Crippen LogP contribution >= 0.6 is 35.0 Å². The molecule has 2 nitrogen and oxygen atoms in total. The molecule has 0 heterocycles. The molecule has 5 heteroatoms. The molecule has 0 aliphatic rings. The average molecular weight is 294 g/mol. The van der Waals surface area contributed by atoms with E-state index in [4.69, 9.17) is 28.9 Å². The highest BCUT2D eigenvalue weighted by molar-refractivity contribution is 7.99. The molecule has 1 aromatic rings. The van der Waals surface area contributed by atoms with Gasteiger partial charge in [-0.05, 0) is 31.2 Å². The fourth-order valence-corrected chi connectivity index (χ4v) is 2.86. The first kappa shape index (κ1) is 15.1. The summed E-state index contributed by atoms with van der Waals surface area (Å²) in [7, 11) is 0. The summed E-state index contributed by atoms with van der Waals surface area (Å²) in [5.41, 5.74) is 6.52. The SMILES string of the molecule is CC(CN)C(C)(O)SCc1ccc(Cl)cc1Cl. The van der Waals surface area contributed by atoms with Crippen molar-refractivity contribution in [1.82, 2.24) is 0 Å². The van der Waals surface area contributed by atoms with Gasteiger partial charge in [-0.25, -0.2) is 0 Å². The number of halogens is 2. The summed E-state index contributed by atoms with van der Waals surface area (Å²) in [6.07, 6.45) is 0. The molecular weight excluding hydrogens is 277 g/mol. The second kappa shape index (κ2) is 6.30. The number of hydrogen-bond acceptors (Lipinski definition) is 3. The summed E-state index contributed by atoms with van der Waals surface area (Å²) in [5, 5.41) is 11.4. The Morgan fingerprint density at radius 1 is 1.47 bits per heavy atom. The van der Waals surface area contributed by atoms with Crippen molar-refractivity contribution in [2.24, 2.45) is 11.7 Å². The second-order valence-electron chi connectivity index (χ2n) is 4.22. The van der Waals surface area contributed by atoms with E-state index in [1.165, 1.54) is 11.8 Å². The third-order valence-corrected chi connectivity index (χ3v) is 4.83. The minimum absolute atomic E-state index is 0.0265. The summed E-state index contributed by atoms with van der Waals surface area (Å²) in [4.78, 5) is -0.849. The maximum absolute atomic E-state index is 10.2. The molecule has 0 aliphatic carbocycles. The molecule has 1 rings (SSSR count). The summed E-state index contributed by atoms with van der Waals surface area (Å²) >= 11 is 13.3. The molecule has 2 unspecified atom stereocenters. The first-order valence-electron chi connectivity index (χ1n) is 5.37. The first-order chi connectivity index (χ1) is 7.86. The van der Waals surface area contributed by atoms with Crippen molar-refractivity contribution in [3.63, 3.8) is 0 Å². The van der Waals surface area contributed by atoms with Crippen LogP contribution in [0.3, 0.4) is 0 Å². The predicted molar refractivity (Wildman–Crippen MR) is 76.6 cm³/mol. The van der Waals surface area contributed by atoms with Gasteiger partial charge >= 0.3 is 0 Å². The monoisotopic (exact) mass is 293 g/mol. The number of aliphatic hydroxyl groups is 1. The van der Waals surface area contributed by atoms with Gasteiger partial charge in [-0.2, -0.15) is 0 Å². The zero-order chi connectivity index (χ0) is 13.1. The van der Waals surface area contributed by atoms with E-state index < -0.39 is 4.93 Å². The number of benzene rings is 1. The molecule has 3 N–H and O–H groups in total. The normalized spacial score (nSPS) is 16.6. The van der Waals surface area contributed by atoms with Crippen LogP contribution in [0.5, 0.6) is 0 Å². The van der Waals surface area contributed by atoms with Crippen molar-refractivity contribution < 1.29 is 5.11 Å². The highest BCUT2D eigenvalue weighted by Crippen LogP contribution is 2.34. The summed E-state index contributed by atoms with van der Waals surface area (Å²) in [5.74, 6) is 0.659. The van der Waals surface area contributed by atoms with Crippen LogP contribution in [0, 0.1) is 5.92 Å². The lowest BCUT2D eigenvalue weighted by atomic mass is 10.1. The molecule has 0 bridgehead atoms. The molecule has 0 aromatic heterocycles. The van der Waals surface area contributed by atoms with E-state index >= 15 is 0 Å². The van der Waals surface area contributed by atoms with E-state index in [0.717, 1.165) is 5.56 Å². The highest BCUT2D eigenvalue weighted by Gasteiger charge is 2.27. The second-order valence-corrected chi connectivity index (χ2v) is 6.46. The molecule has 0 aliphatic heterocycles. The van der Waals surface area contributed by atoms with Crippen molar-refractivity contribution in [2.45, 2.75) is 24.5 Å². The third kappa shape index (κ3) is 4.34. The maximum Gasteiger partial charge on any atom is 0.111 e. The minimum Gasteiger partial charge on any atom is -0.379 e. The molecule has 0 fully saturated rings.